The predicted molar refractivity (Wildman–Crippen MR) is 68.8 cm³/mol. The van der Waals surface area contributed by atoms with Crippen LogP contribution in [0.25, 0.3) is 0 Å². The largest absolute Gasteiger partial charge is 0.469 e. The first-order valence-electron chi connectivity index (χ1n) is 5.68. The van der Waals surface area contributed by atoms with E-state index < -0.39 is 14.6 Å². The Morgan fingerprint density at radius 2 is 2.12 bits per heavy atom. The van der Waals surface area contributed by atoms with Crippen LogP contribution in [0.15, 0.2) is 22.8 Å². The molecule has 0 aromatic carbocycles. The summed E-state index contributed by atoms with van der Waals surface area (Å²) in [5.74, 6) is 0.905. The van der Waals surface area contributed by atoms with Crippen molar-refractivity contribution in [2.45, 2.75) is 38.0 Å². The van der Waals surface area contributed by atoms with Crippen LogP contribution in [0, 0.1) is 0 Å². The van der Waals surface area contributed by atoms with Gasteiger partial charge in [0.05, 0.1) is 11.0 Å². The SMILES string of the molecule is CC(Cc1ccco1)NCC(C)(C)S(C)(=O)=O. The molecule has 0 aliphatic heterocycles. The van der Waals surface area contributed by atoms with E-state index in [1.165, 1.54) is 6.26 Å². The molecule has 0 aliphatic rings. The maximum atomic E-state index is 11.5. The summed E-state index contributed by atoms with van der Waals surface area (Å²) in [7, 11) is -3.05. The van der Waals surface area contributed by atoms with Gasteiger partial charge in [0, 0.05) is 25.3 Å². The second kappa shape index (κ2) is 5.23. The maximum Gasteiger partial charge on any atom is 0.153 e. The quantitative estimate of drug-likeness (QED) is 0.843. The second-order valence-corrected chi connectivity index (χ2v) is 7.75. The Morgan fingerprint density at radius 3 is 2.59 bits per heavy atom. The molecule has 0 saturated carbocycles. The van der Waals surface area contributed by atoms with Crippen molar-refractivity contribution in [3.63, 3.8) is 0 Å². The van der Waals surface area contributed by atoms with Gasteiger partial charge < -0.3 is 9.73 Å². The fourth-order valence-electron chi connectivity index (χ4n) is 1.35. The van der Waals surface area contributed by atoms with Gasteiger partial charge in [-0.2, -0.15) is 0 Å². The van der Waals surface area contributed by atoms with E-state index in [4.69, 9.17) is 4.42 Å². The first-order valence-corrected chi connectivity index (χ1v) is 7.57. The molecule has 0 radical (unpaired) electrons. The highest BCUT2D eigenvalue weighted by Gasteiger charge is 2.30. The van der Waals surface area contributed by atoms with E-state index in [0.717, 1.165) is 12.2 Å². The summed E-state index contributed by atoms with van der Waals surface area (Å²) in [4.78, 5) is 0. The lowest BCUT2D eigenvalue weighted by Crippen LogP contribution is -2.45. The Bertz CT molecular complexity index is 434. The number of sulfone groups is 1. The van der Waals surface area contributed by atoms with Crippen molar-refractivity contribution in [3.8, 4) is 0 Å². The zero-order valence-corrected chi connectivity index (χ0v) is 11.7. The van der Waals surface area contributed by atoms with E-state index in [-0.39, 0.29) is 6.04 Å². The summed E-state index contributed by atoms with van der Waals surface area (Å²) < 4.78 is 27.5. The number of nitrogens with one attached hydrogen (secondary N) is 1. The van der Waals surface area contributed by atoms with Crippen molar-refractivity contribution in [1.82, 2.24) is 5.32 Å². The number of hydrogen-bond donors (Lipinski definition) is 1. The van der Waals surface area contributed by atoms with Crippen molar-refractivity contribution < 1.29 is 12.8 Å². The van der Waals surface area contributed by atoms with Crippen LogP contribution in [0.4, 0.5) is 0 Å². The minimum atomic E-state index is -3.05. The average molecular weight is 259 g/mol. The highest BCUT2D eigenvalue weighted by atomic mass is 32.2. The Balaban J connectivity index is 2.46. The summed E-state index contributed by atoms with van der Waals surface area (Å²) in [5, 5.41) is 3.23. The van der Waals surface area contributed by atoms with Gasteiger partial charge in [-0.05, 0) is 32.9 Å². The van der Waals surface area contributed by atoms with Gasteiger partial charge in [0.1, 0.15) is 5.76 Å². The Morgan fingerprint density at radius 1 is 1.47 bits per heavy atom. The zero-order chi connectivity index (χ0) is 13.1. The zero-order valence-electron chi connectivity index (χ0n) is 10.9. The van der Waals surface area contributed by atoms with Crippen LogP contribution in [-0.4, -0.2) is 32.0 Å². The second-order valence-electron chi connectivity index (χ2n) is 5.10. The molecule has 0 saturated heterocycles. The van der Waals surface area contributed by atoms with E-state index in [1.54, 1.807) is 20.1 Å². The van der Waals surface area contributed by atoms with Crippen LogP contribution in [0.1, 0.15) is 26.5 Å². The van der Waals surface area contributed by atoms with E-state index in [2.05, 4.69) is 5.32 Å². The van der Waals surface area contributed by atoms with E-state index in [9.17, 15) is 8.42 Å². The average Bonchev–Trinajstić information content (AvgIpc) is 2.66. The van der Waals surface area contributed by atoms with Gasteiger partial charge in [-0.15, -0.1) is 0 Å². The third-order valence-corrected chi connectivity index (χ3v) is 5.12. The van der Waals surface area contributed by atoms with Gasteiger partial charge in [-0.25, -0.2) is 8.42 Å². The number of furan rings is 1. The molecule has 0 spiro atoms. The molecule has 5 heteroatoms. The fraction of sp³-hybridized carbons (Fsp3) is 0.667. The molecule has 0 aliphatic carbocycles. The topological polar surface area (TPSA) is 59.3 Å². The van der Waals surface area contributed by atoms with Gasteiger partial charge in [-0.1, -0.05) is 0 Å². The normalized spacial score (nSPS) is 14.8. The molecule has 0 bridgehead atoms. The lowest BCUT2D eigenvalue weighted by molar-refractivity contribution is 0.438. The van der Waals surface area contributed by atoms with Gasteiger partial charge >= 0.3 is 0 Å². The summed E-state index contributed by atoms with van der Waals surface area (Å²) >= 11 is 0. The highest BCUT2D eigenvalue weighted by molar-refractivity contribution is 7.92. The van der Waals surface area contributed by atoms with Gasteiger partial charge in [0.25, 0.3) is 0 Å². The maximum absolute atomic E-state index is 11.5. The number of rotatable bonds is 6. The molecular formula is C12H21NO3S. The van der Waals surface area contributed by atoms with Gasteiger partial charge in [-0.3, -0.25) is 0 Å². The van der Waals surface area contributed by atoms with Gasteiger partial charge in [0.15, 0.2) is 9.84 Å². The molecule has 1 atom stereocenters. The van der Waals surface area contributed by atoms with Crippen molar-refractivity contribution in [1.29, 1.82) is 0 Å². The van der Waals surface area contributed by atoms with E-state index >= 15 is 0 Å². The Hall–Kier alpha value is -0.810. The molecule has 1 aromatic rings. The van der Waals surface area contributed by atoms with Crippen LogP contribution < -0.4 is 5.32 Å². The van der Waals surface area contributed by atoms with Crippen molar-refractivity contribution in [2.24, 2.45) is 0 Å². The minimum absolute atomic E-state index is 0.183. The van der Waals surface area contributed by atoms with Crippen LogP contribution in [-0.2, 0) is 16.3 Å². The third-order valence-electron chi connectivity index (χ3n) is 2.97. The lowest BCUT2D eigenvalue weighted by Gasteiger charge is -2.25. The van der Waals surface area contributed by atoms with Crippen LogP contribution in [0.3, 0.4) is 0 Å². The monoisotopic (exact) mass is 259 g/mol. The summed E-state index contributed by atoms with van der Waals surface area (Å²) in [5.41, 5.74) is 0. The minimum Gasteiger partial charge on any atom is -0.469 e. The van der Waals surface area contributed by atoms with Crippen LogP contribution in [0.5, 0.6) is 0 Å². The van der Waals surface area contributed by atoms with Crippen molar-refractivity contribution in [3.05, 3.63) is 24.2 Å². The molecule has 0 amide bonds. The molecule has 98 valence electrons. The molecule has 1 heterocycles. The molecule has 4 nitrogen and oxygen atoms in total. The van der Waals surface area contributed by atoms with Crippen LogP contribution in [0.2, 0.25) is 0 Å². The van der Waals surface area contributed by atoms with Crippen LogP contribution >= 0.6 is 0 Å². The van der Waals surface area contributed by atoms with Crippen molar-refractivity contribution >= 4 is 9.84 Å². The molecular weight excluding hydrogens is 238 g/mol. The molecule has 1 aromatic heterocycles. The summed E-state index contributed by atoms with van der Waals surface area (Å²) in [6.07, 6.45) is 3.67. The molecule has 1 rings (SSSR count). The molecule has 1 N–H and O–H groups in total. The van der Waals surface area contributed by atoms with Crippen molar-refractivity contribution in [2.75, 3.05) is 12.8 Å². The highest BCUT2D eigenvalue weighted by Crippen LogP contribution is 2.14. The van der Waals surface area contributed by atoms with E-state index in [1.807, 2.05) is 19.1 Å². The summed E-state index contributed by atoms with van der Waals surface area (Å²) in [6.45, 7) is 5.92. The summed E-state index contributed by atoms with van der Waals surface area (Å²) in [6, 6.07) is 3.95. The number of hydrogen-bond acceptors (Lipinski definition) is 4. The smallest absolute Gasteiger partial charge is 0.153 e. The first-order chi connectivity index (χ1) is 7.72. The third kappa shape index (κ3) is 4.16. The molecule has 1 unspecified atom stereocenters. The van der Waals surface area contributed by atoms with Gasteiger partial charge in [0.2, 0.25) is 0 Å². The lowest BCUT2D eigenvalue weighted by atomic mass is 10.1. The molecule has 17 heavy (non-hydrogen) atoms. The van der Waals surface area contributed by atoms with E-state index in [0.29, 0.717) is 6.54 Å². The fourth-order valence-corrected chi connectivity index (χ4v) is 1.70. The Kier molecular flexibility index (Phi) is 4.38. The standard InChI is InChI=1S/C12H21NO3S/c1-10(8-11-6-5-7-16-11)13-9-12(2,3)17(4,14)15/h5-7,10,13H,8-9H2,1-4H3. The molecule has 0 fully saturated rings. The first kappa shape index (κ1) is 14.3. The predicted octanol–water partition coefficient (Wildman–Crippen LogP) is 1.62. The Labute approximate surface area is 103 Å².